The van der Waals surface area contributed by atoms with Gasteiger partial charge in [0.2, 0.25) is 0 Å². The van der Waals surface area contributed by atoms with E-state index in [1.54, 1.807) is 13.0 Å². The maximum atomic E-state index is 14.0. The quantitative estimate of drug-likeness (QED) is 0.271. The molecule has 0 aliphatic carbocycles. The molecule has 1 aliphatic heterocycles. The number of likely N-dealkylation sites (tertiary alicyclic amines) is 1. The summed E-state index contributed by atoms with van der Waals surface area (Å²) in [6.45, 7) is 5.48. The van der Waals surface area contributed by atoms with Gasteiger partial charge in [0, 0.05) is 24.7 Å². The molecule has 1 saturated heterocycles. The van der Waals surface area contributed by atoms with Crippen molar-refractivity contribution in [2.24, 2.45) is 5.10 Å². The summed E-state index contributed by atoms with van der Waals surface area (Å²) in [4.78, 5) is 20.9. The zero-order chi connectivity index (χ0) is 27.5. The highest BCUT2D eigenvalue weighted by molar-refractivity contribution is 5.88. The van der Waals surface area contributed by atoms with E-state index in [2.05, 4.69) is 25.8 Å². The Morgan fingerprint density at radius 1 is 1.24 bits per heavy atom. The molecule has 1 aliphatic rings. The normalized spacial score (nSPS) is 19.2. The molecule has 9 nitrogen and oxygen atoms in total. The largest absolute Gasteiger partial charge is 0.489 e. The van der Waals surface area contributed by atoms with Crippen molar-refractivity contribution >= 4 is 29.0 Å². The van der Waals surface area contributed by atoms with E-state index in [0.29, 0.717) is 17.0 Å². The number of hydrazone groups is 1. The van der Waals surface area contributed by atoms with Gasteiger partial charge in [-0.2, -0.15) is 18.3 Å². The number of benzene rings is 1. The van der Waals surface area contributed by atoms with E-state index < -0.39 is 23.9 Å². The molecular formula is C26H29F3N6O3. The molecule has 2 atom stereocenters. The Hall–Kier alpha value is -3.93. The summed E-state index contributed by atoms with van der Waals surface area (Å²) in [7, 11) is 0. The predicted octanol–water partition coefficient (Wildman–Crippen LogP) is 5.20. The molecule has 0 saturated carbocycles. The summed E-state index contributed by atoms with van der Waals surface area (Å²) in [6, 6.07) is 10.2. The Labute approximate surface area is 217 Å². The predicted molar refractivity (Wildman–Crippen MR) is 138 cm³/mol. The standard InChI is InChI=1S/C26H29F3N6O3/c1-16(2)38-20-6-4-5-17-7-9-19(32-22(17)20)14-31-34-21-10-8-18(13-30-21)23(26(27,28)29)35-12-11-25(3,15-35)33-24(36)37/h4-10,13-14,16,23,33H,11-12,15H2,1-3H3,(H,30,34)(H,36,37)/t23-,25?/m0/s1. The van der Waals surface area contributed by atoms with E-state index in [4.69, 9.17) is 9.84 Å². The van der Waals surface area contributed by atoms with E-state index in [1.165, 1.54) is 23.2 Å². The molecule has 1 fully saturated rings. The maximum Gasteiger partial charge on any atom is 0.408 e. The second kappa shape index (κ2) is 10.8. The first-order chi connectivity index (χ1) is 17.9. The number of ether oxygens (including phenoxy) is 1. The highest BCUT2D eigenvalue weighted by atomic mass is 19.4. The van der Waals surface area contributed by atoms with Crippen LogP contribution >= 0.6 is 0 Å². The van der Waals surface area contributed by atoms with E-state index >= 15 is 0 Å². The van der Waals surface area contributed by atoms with Crippen molar-refractivity contribution in [3.63, 3.8) is 0 Å². The Morgan fingerprint density at radius 2 is 2.03 bits per heavy atom. The minimum atomic E-state index is -4.57. The Morgan fingerprint density at radius 3 is 2.68 bits per heavy atom. The molecule has 12 heteroatoms. The Bertz CT molecular complexity index is 1320. The van der Waals surface area contributed by atoms with Gasteiger partial charge in [-0.15, -0.1) is 0 Å². The highest BCUT2D eigenvalue weighted by Crippen LogP contribution is 2.41. The van der Waals surface area contributed by atoms with E-state index in [0.717, 1.165) is 11.6 Å². The molecule has 202 valence electrons. The fourth-order valence-electron chi connectivity index (χ4n) is 4.54. The molecule has 3 N–H and O–H groups in total. The summed E-state index contributed by atoms with van der Waals surface area (Å²) in [5, 5.41) is 16.4. The average Bonchev–Trinajstić information content (AvgIpc) is 3.19. The molecule has 1 amide bonds. The van der Waals surface area contributed by atoms with Crippen LogP contribution in [-0.2, 0) is 0 Å². The van der Waals surface area contributed by atoms with Crippen LogP contribution in [0.2, 0.25) is 0 Å². The summed E-state index contributed by atoms with van der Waals surface area (Å²) in [5.41, 5.74) is 2.97. The average molecular weight is 531 g/mol. The fourth-order valence-corrected chi connectivity index (χ4v) is 4.54. The summed E-state index contributed by atoms with van der Waals surface area (Å²) >= 11 is 0. The number of alkyl halides is 3. The van der Waals surface area contributed by atoms with Gasteiger partial charge in [-0.3, -0.25) is 10.3 Å². The van der Waals surface area contributed by atoms with Crippen LogP contribution in [0.25, 0.3) is 10.9 Å². The molecule has 1 aromatic carbocycles. The molecule has 0 spiro atoms. The number of aromatic nitrogens is 2. The number of amides is 1. The van der Waals surface area contributed by atoms with Crippen molar-refractivity contribution in [2.45, 2.75) is 51.1 Å². The Balaban J connectivity index is 1.46. The number of fused-ring (bicyclic) bond motifs is 1. The number of carbonyl (C=O) groups is 1. The van der Waals surface area contributed by atoms with Gasteiger partial charge in [-0.1, -0.05) is 24.3 Å². The number of pyridine rings is 2. The van der Waals surface area contributed by atoms with Crippen LogP contribution in [0, 0.1) is 0 Å². The van der Waals surface area contributed by atoms with Crippen LogP contribution in [0.3, 0.4) is 0 Å². The second-order valence-electron chi connectivity index (χ2n) is 9.73. The third-order valence-electron chi connectivity index (χ3n) is 6.13. The summed E-state index contributed by atoms with van der Waals surface area (Å²) in [6.07, 6.45) is -2.94. The van der Waals surface area contributed by atoms with Crippen LogP contribution in [-0.4, -0.2) is 63.2 Å². The molecule has 0 bridgehead atoms. The fraction of sp³-hybridized carbons (Fsp3) is 0.385. The van der Waals surface area contributed by atoms with Crippen molar-refractivity contribution in [1.82, 2.24) is 20.2 Å². The summed E-state index contributed by atoms with van der Waals surface area (Å²) in [5.74, 6) is 0.920. The van der Waals surface area contributed by atoms with Crippen molar-refractivity contribution in [3.05, 3.63) is 59.9 Å². The third-order valence-corrected chi connectivity index (χ3v) is 6.13. The van der Waals surface area contributed by atoms with Gasteiger partial charge in [0.05, 0.1) is 23.6 Å². The van der Waals surface area contributed by atoms with Crippen LogP contribution in [0.5, 0.6) is 5.75 Å². The SMILES string of the molecule is CC(C)Oc1cccc2ccc(C=NNc3ccc([C@H](N4CCC(C)(NC(=O)O)C4)C(F)(F)F)cn3)nc12. The maximum absolute atomic E-state index is 14.0. The third kappa shape index (κ3) is 6.49. The molecule has 0 radical (unpaired) electrons. The molecule has 4 rings (SSSR count). The molecule has 2 aromatic heterocycles. The first kappa shape index (κ1) is 27.1. The van der Waals surface area contributed by atoms with Gasteiger partial charge in [0.25, 0.3) is 0 Å². The number of nitrogens with zero attached hydrogens (tertiary/aromatic N) is 4. The number of rotatable bonds is 8. The number of hydrogen-bond acceptors (Lipinski definition) is 7. The minimum Gasteiger partial charge on any atom is -0.489 e. The van der Waals surface area contributed by atoms with Crippen molar-refractivity contribution in [2.75, 3.05) is 18.5 Å². The second-order valence-corrected chi connectivity index (χ2v) is 9.73. The number of carboxylic acid groups (broad SMARTS) is 1. The van der Waals surface area contributed by atoms with Gasteiger partial charge in [0.15, 0.2) is 0 Å². The minimum absolute atomic E-state index is 0.0104. The van der Waals surface area contributed by atoms with Crippen molar-refractivity contribution < 1.29 is 27.8 Å². The number of hydrogen-bond donors (Lipinski definition) is 3. The Kier molecular flexibility index (Phi) is 7.72. The lowest BCUT2D eigenvalue weighted by molar-refractivity contribution is -0.184. The number of anilines is 1. The zero-order valence-corrected chi connectivity index (χ0v) is 21.2. The smallest absolute Gasteiger partial charge is 0.408 e. The molecule has 1 unspecified atom stereocenters. The summed E-state index contributed by atoms with van der Waals surface area (Å²) < 4.78 is 47.9. The number of halogens is 3. The highest BCUT2D eigenvalue weighted by Gasteiger charge is 2.49. The van der Waals surface area contributed by atoms with E-state index in [1.807, 2.05) is 38.1 Å². The van der Waals surface area contributed by atoms with Gasteiger partial charge in [-0.05, 0) is 51.0 Å². The lowest BCUT2D eigenvalue weighted by Crippen LogP contribution is -2.48. The zero-order valence-electron chi connectivity index (χ0n) is 21.2. The molecular weight excluding hydrogens is 501 g/mol. The lowest BCUT2D eigenvalue weighted by Gasteiger charge is -2.31. The monoisotopic (exact) mass is 530 g/mol. The molecule has 38 heavy (non-hydrogen) atoms. The van der Waals surface area contributed by atoms with Crippen molar-refractivity contribution in [3.8, 4) is 5.75 Å². The van der Waals surface area contributed by atoms with Crippen LogP contribution in [0.1, 0.15) is 44.5 Å². The van der Waals surface area contributed by atoms with E-state index in [-0.39, 0.29) is 37.0 Å². The van der Waals surface area contributed by atoms with Crippen LogP contribution < -0.4 is 15.5 Å². The van der Waals surface area contributed by atoms with Crippen LogP contribution in [0.4, 0.5) is 23.8 Å². The van der Waals surface area contributed by atoms with Gasteiger partial charge < -0.3 is 15.2 Å². The molecule has 3 heterocycles. The van der Waals surface area contributed by atoms with Crippen molar-refractivity contribution in [1.29, 1.82) is 0 Å². The van der Waals surface area contributed by atoms with Gasteiger partial charge in [-0.25, -0.2) is 14.8 Å². The lowest BCUT2D eigenvalue weighted by atomic mass is 10.0. The first-order valence-electron chi connectivity index (χ1n) is 12.1. The number of para-hydroxylation sites is 1. The molecule has 3 aromatic rings. The van der Waals surface area contributed by atoms with E-state index in [9.17, 15) is 18.0 Å². The van der Waals surface area contributed by atoms with Gasteiger partial charge >= 0.3 is 12.3 Å². The topological polar surface area (TPSA) is 112 Å². The van der Waals surface area contributed by atoms with Gasteiger partial charge in [0.1, 0.15) is 23.1 Å². The number of nitrogens with one attached hydrogen (secondary N) is 2. The first-order valence-corrected chi connectivity index (χ1v) is 12.1. The van der Waals surface area contributed by atoms with Crippen LogP contribution in [0.15, 0.2) is 53.8 Å².